The van der Waals surface area contributed by atoms with Crippen LogP contribution in [0, 0.1) is 5.95 Å². The molecule has 4 nitrogen and oxygen atoms in total. The van der Waals surface area contributed by atoms with Gasteiger partial charge in [0, 0.05) is 0 Å². The first kappa shape index (κ1) is 12.0. The lowest BCUT2D eigenvalue weighted by Crippen LogP contribution is -2.00. The number of rotatable bonds is 3. The highest BCUT2D eigenvalue weighted by Crippen LogP contribution is 2.21. The number of esters is 1. The van der Waals surface area contributed by atoms with Crippen LogP contribution in [0.15, 0.2) is 42.6 Å². The molecular weight excluding hydrogens is 237 g/mol. The van der Waals surface area contributed by atoms with Crippen LogP contribution in [0.1, 0.15) is 10.4 Å². The highest BCUT2D eigenvalue weighted by Gasteiger charge is 2.06. The summed E-state index contributed by atoms with van der Waals surface area (Å²) in [4.78, 5) is 14.8. The van der Waals surface area contributed by atoms with Gasteiger partial charge in [-0.3, -0.25) is 0 Å². The molecule has 0 saturated heterocycles. The topological polar surface area (TPSA) is 48.4 Å². The molecule has 2 aromatic rings. The van der Waals surface area contributed by atoms with E-state index in [1.54, 1.807) is 18.2 Å². The fraction of sp³-hybridized carbons (Fsp3) is 0.0769. The third-order valence-corrected chi connectivity index (χ3v) is 2.19. The number of aromatic nitrogens is 1. The number of benzene rings is 1. The molecule has 18 heavy (non-hydrogen) atoms. The van der Waals surface area contributed by atoms with Gasteiger partial charge in [0.2, 0.25) is 5.95 Å². The molecule has 1 heterocycles. The number of methoxy groups -OCH3 is 1. The van der Waals surface area contributed by atoms with Gasteiger partial charge in [-0.1, -0.05) is 6.07 Å². The molecule has 0 N–H and O–H groups in total. The number of carbonyl (C=O) groups is 1. The molecule has 0 atom stereocenters. The summed E-state index contributed by atoms with van der Waals surface area (Å²) in [6.45, 7) is 0. The number of carbonyl (C=O) groups excluding carboxylic acids is 1. The second kappa shape index (κ2) is 5.27. The molecule has 0 aliphatic rings. The molecule has 0 spiro atoms. The number of pyridine rings is 1. The first-order valence-electron chi connectivity index (χ1n) is 5.17. The molecule has 0 bridgehead atoms. The van der Waals surface area contributed by atoms with Crippen molar-refractivity contribution in [1.29, 1.82) is 0 Å². The van der Waals surface area contributed by atoms with Gasteiger partial charge in [0.1, 0.15) is 11.5 Å². The largest absolute Gasteiger partial charge is 0.465 e. The third-order valence-electron chi connectivity index (χ3n) is 2.19. The molecular formula is C13H10FNO3. The highest BCUT2D eigenvalue weighted by atomic mass is 19.1. The molecule has 2 rings (SSSR count). The summed E-state index contributed by atoms with van der Waals surface area (Å²) in [5.41, 5.74) is 0.380. The van der Waals surface area contributed by atoms with Crippen molar-refractivity contribution in [1.82, 2.24) is 4.98 Å². The Hall–Kier alpha value is -2.43. The van der Waals surface area contributed by atoms with Gasteiger partial charge < -0.3 is 9.47 Å². The second-order valence-electron chi connectivity index (χ2n) is 3.44. The Bertz CT molecular complexity index is 554. The molecule has 92 valence electrons. The Morgan fingerprint density at radius 2 is 2.06 bits per heavy atom. The van der Waals surface area contributed by atoms with Gasteiger partial charge in [0.15, 0.2) is 0 Å². The van der Waals surface area contributed by atoms with E-state index in [0.717, 1.165) is 0 Å². The van der Waals surface area contributed by atoms with Crippen molar-refractivity contribution >= 4 is 5.97 Å². The molecule has 0 amide bonds. The minimum absolute atomic E-state index is 0.380. The van der Waals surface area contributed by atoms with Crippen LogP contribution in [0.5, 0.6) is 11.5 Å². The van der Waals surface area contributed by atoms with Crippen LogP contribution in [0.3, 0.4) is 0 Å². The summed E-state index contributed by atoms with van der Waals surface area (Å²) in [6, 6.07) is 9.14. The maximum atomic E-state index is 12.6. The van der Waals surface area contributed by atoms with Crippen molar-refractivity contribution in [2.75, 3.05) is 7.11 Å². The van der Waals surface area contributed by atoms with E-state index in [2.05, 4.69) is 9.72 Å². The van der Waals surface area contributed by atoms with Gasteiger partial charge in [-0.15, -0.1) is 0 Å². The lowest BCUT2D eigenvalue weighted by Gasteiger charge is -2.06. The van der Waals surface area contributed by atoms with Crippen LogP contribution < -0.4 is 4.74 Å². The maximum Gasteiger partial charge on any atom is 0.337 e. The molecule has 0 radical (unpaired) electrons. The fourth-order valence-electron chi connectivity index (χ4n) is 1.36. The standard InChI is InChI=1S/C13H10FNO3/c1-17-13(16)9-3-2-4-10(7-9)18-11-5-6-12(14)15-8-11/h2-8H,1H3. The Morgan fingerprint density at radius 1 is 1.22 bits per heavy atom. The fourth-order valence-corrected chi connectivity index (χ4v) is 1.36. The van der Waals surface area contributed by atoms with Gasteiger partial charge in [-0.2, -0.15) is 4.39 Å². The Kier molecular flexibility index (Phi) is 3.52. The quantitative estimate of drug-likeness (QED) is 0.618. The number of nitrogens with zero attached hydrogens (tertiary/aromatic N) is 1. The van der Waals surface area contributed by atoms with Gasteiger partial charge in [-0.05, 0) is 30.3 Å². The van der Waals surface area contributed by atoms with Crippen molar-refractivity contribution in [3.8, 4) is 11.5 Å². The zero-order valence-electron chi connectivity index (χ0n) is 9.59. The van der Waals surface area contributed by atoms with Gasteiger partial charge in [0.05, 0.1) is 18.9 Å². The first-order chi connectivity index (χ1) is 8.69. The Balaban J connectivity index is 2.19. The van der Waals surface area contributed by atoms with E-state index in [1.165, 1.54) is 31.5 Å². The summed E-state index contributed by atoms with van der Waals surface area (Å²) in [5, 5.41) is 0. The lowest BCUT2D eigenvalue weighted by molar-refractivity contribution is 0.0600. The number of hydrogen-bond acceptors (Lipinski definition) is 4. The van der Waals surface area contributed by atoms with Gasteiger partial charge in [0.25, 0.3) is 0 Å². The molecule has 0 saturated carbocycles. The van der Waals surface area contributed by atoms with E-state index in [9.17, 15) is 9.18 Å². The van der Waals surface area contributed by atoms with E-state index in [0.29, 0.717) is 17.1 Å². The first-order valence-corrected chi connectivity index (χ1v) is 5.17. The minimum atomic E-state index is -0.578. The SMILES string of the molecule is COC(=O)c1cccc(Oc2ccc(F)nc2)c1. The van der Waals surface area contributed by atoms with Gasteiger partial charge in [-0.25, -0.2) is 9.78 Å². The predicted octanol–water partition coefficient (Wildman–Crippen LogP) is 2.80. The van der Waals surface area contributed by atoms with Crippen molar-refractivity contribution in [2.24, 2.45) is 0 Å². The zero-order chi connectivity index (χ0) is 13.0. The maximum absolute atomic E-state index is 12.6. The minimum Gasteiger partial charge on any atom is -0.465 e. The summed E-state index contributed by atoms with van der Waals surface area (Å²) in [7, 11) is 1.31. The van der Waals surface area contributed by atoms with Crippen LogP contribution in [0.25, 0.3) is 0 Å². The zero-order valence-corrected chi connectivity index (χ0v) is 9.59. The molecule has 0 fully saturated rings. The van der Waals surface area contributed by atoms with Crippen LogP contribution in [0.2, 0.25) is 0 Å². The monoisotopic (exact) mass is 247 g/mol. The van der Waals surface area contributed by atoms with E-state index in [4.69, 9.17) is 4.74 Å². The van der Waals surface area contributed by atoms with E-state index < -0.39 is 11.9 Å². The Morgan fingerprint density at radius 3 is 2.72 bits per heavy atom. The predicted molar refractivity (Wildman–Crippen MR) is 62.1 cm³/mol. The van der Waals surface area contributed by atoms with Crippen molar-refractivity contribution in [3.63, 3.8) is 0 Å². The number of ether oxygens (including phenoxy) is 2. The van der Waals surface area contributed by atoms with Crippen LogP contribution >= 0.6 is 0 Å². The summed E-state index contributed by atoms with van der Waals surface area (Å²) < 4.78 is 22.6. The molecule has 5 heteroatoms. The highest BCUT2D eigenvalue weighted by molar-refractivity contribution is 5.89. The van der Waals surface area contributed by atoms with E-state index in [1.807, 2.05) is 0 Å². The Labute approximate surface area is 103 Å². The number of halogens is 1. The van der Waals surface area contributed by atoms with Crippen LogP contribution in [0.4, 0.5) is 4.39 Å². The molecule has 0 aliphatic heterocycles. The second-order valence-corrected chi connectivity index (χ2v) is 3.44. The third kappa shape index (κ3) is 2.82. The van der Waals surface area contributed by atoms with Crippen LogP contribution in [-0.4, -0.2) is 18.1 Å². The van der Waals surface area contributed by atoms with Crippen molar-refractivity contribution < 1.29 is 18.7 Å². The number of hydrogen-bond donors (Lipinski definition) is 0. The summed E-state index contributed by atoms with van der Waals surface area (Å²) >= 11 is 0. The van der Waals surface area contributed by atoms with Crippen molar-refractivity contribution in [2.45, 2.75) is 0 Å². The molecule has 0 aliphatic carbocycles. The van der Waals surface area contributed by atoms with E-state index >= 15 is 0 Å². The average molecular weight is 247 g/mol. The van der Waals surface area contributed by atoms with Crippen molar-refractivity contribution in [3.05, 3.63) is 54.1 Å². The molecule has 1 aromatic carbocycles. The van der Waals surface area contributed by atoms with Gasteiger partial charge >= 0.3 is 5.97 Å². The summed E-state index contributed by atoms with van der Waals surface area (Å²) in [6.07, 6.45) is 1.26. The van der Waals surface area contributed by atoms with Crippen LogP contribution in [-0.2, 0) is 4.74 Å². The average Bonchev–Trinajstić information content (AvgIpc) is 2.41. The smallest absolute Gasteiger partial charge is 0.337 e. The molecule has 0 unspecified atom stereocenters. The summed E-state index contributed by atoms with van der Waals surface area (Å²) in [5.74, 6) is -0.187. The van der Waals surface area contributed by atoms with E-state index in [-0.39, 0.29) is 0 Å². The molecule has 1 aromatic heterocycles. The lowest BCUT2D eigenvalue weighted by atomic mass is 10.2. The normalized spacial score (nSPS) is 9.89.